The number of halogens is 3. The van der Waals surface area contributed by atoms with Crippen molar-refractivity contribution in [2.45, 2.75) is 0 Å². The average Bonchev–Trinajstić information content (AvgIpc) is 2.94. The van der Waals surface area contributed by atoms with Crippen LogP contribution in [0.1, 0.15) is 5.56 Å². The van der Waals surface area contributed by atoms with Crippen LogP contribution in [-0.2, 0) is 9.59 Å². The summed E-state index contributed by atoms with van der Waals surface area (Å²) in [6.45, 7) is -0.654. The highest BCUT2D eigenvalue weighted by Gasteiger charge is 2.36. The van der Waals surface area contributed by atoms with Crippen molar-refractivity contribution in [2.24, 2.45) is 0 Å². The molecule has 2 N–H and O–H groups in total. The van der Waals surface area contributed by atoms with Crippen molar-refractivity contribution >= 4 is 52.2 Å². The summed E-state index contributed by atoms with van der Waals surface area (Å²) in [5, 5.41) is 11.2. The predicted octanol–water partition coefficient (Wildman–Crippen LogP) is 4.01. The van der Waals surface area contributed by atoms with Crippen molar-refractivity contribution in [1.29, 1.82) is 0 Å². The number of amides is 3. The Morgan fingerprint density at radius 3 is 2.70 bits per heavy atom. The van der Waals surface area contributed by atoms with Crippen LogP contribution in [0.5, 0.6) is 11.5 Å². The van der Waals surface area contributed by atoms with Gasteiger partial charge in [-0.1, -0.05) is 11.6 Å². The SMILES string of the molecule is COc1cc(C=C2SC(=O)N(CC(=O)Nc3ccc(F)cc3F)C2=O)cc(Cl)c1O. The van der Waals surface area contributed by atoms with Gasteiger partial charge in [0.25, 0.3) is 11.1 Å². The van der Waals surface area contributed by atoms with Crippen molar-refractivity contribution in [3.05, 3.63) is 57.5 Å². The molecule has 156 valence electrons. The van der Waals surface area contributed by atoms with E-state index in [4.69, 9.17) is 16.3 Å². The molecule has 0 radical (unpaired) electrons. The van der Waals surface area contributed by atoms with Gasteiger partial charge in [0.15, 0.2) is 11.5 Å². The van der Waals surface area contributed by atoms with E-state index in [0.29, 0.717) is 28.3 Å². The summed E-state index contributed by atoms with van der Waals surface area (Å²) in [6.07, 6.45) is 1.36. The third-order valence-corrected chi connectivity index (χ3v) is 5.14. The number of carbonyl (C=O) groups is 3. The lowest BCUT2D eigenvalue weighted by Gasteiger charge is -2.12. The number of anilines is 1. The van der Waals surface area contributed by atoms with Gasteiger partial charge in [-0.2, -0.15) is 0 Å². The fourth-order valence-electron chi connectivity index (χ4n) is 2.54. The number of aromatic hydroxyl groups is 1. The molecule has 1 fully saturated rings. The van der Waals surface area contributed by atoms with Crippen molar-refractivity contribution in [3.63, 3.8) is 0 Å². The summed E-state index contributed by atoms with van der Waals surface area (Å²) in [7, 11) is 1.33. The largest absolute Gasteiger partial charge is 0.503 e. The number of imide groups is 1. The van der Waals surface area contributed by atoms with E-state index < -0.39 is 35.2 Å². The van der Waals surface area contributed by atoms with Gasteiger partial charge in [0, 0.05) is 6.07 Å². The number of thioether (sulfide) groups is 1. The molecule has 1 heterocycles. The number of phenols is 1. The Morgan fingerprint density at radius 1 is 1.30 bits per heavy atom. The first-order valence-corrected chi connectivity index (χ1v) is 9.46. The molecule has 3 amide bonds. The Labute approximate surface area is 178 Å². The second kappa shape index (κ2) is 8.72. The number of nitrogens with one attached hydrogen (secondary N) is 1. The average molecular weight is 455 g/mol. The Kier molecular flexibility index (Phi) is 6.28. The summed E-state index contributed by atoms with van der Waals surface area (Å²) < 4.78 is 31.6. The molecule has 2 aromatic carbocycles. The van der Waals surface area contributed by atoms with Gasteiger partial charge in [-0.15, -0.1) is 0 Å². The maximum atomic E-state index is 13.7. The third-order valence-electron chi connectivity index (χ3n) is 3.95. The first-order chi connectivity index (χ1) is 14.2. The van der Waals surface area contributed by atoms with Crippen LogP contribution in [0.4, 0.5) is 19.3 Å². The third kappa shape index (κ3) is 4.55. The van der Waals surface area contributed by atoms with Gasteiger partial charge >= 0.3 is 0 Å². The van der Waals surface area contributed by atoms with Gasteiger partial charge in [0.05, 0.1) is 22.7 Å². The molecule has 1 aliphatic heterocycles. The maximum absolute atomic E-state index is 13.7. The molecule has 11 heteroatoms. The molecular weight excluding hydrogens is 442 g/mol. The first kappa shape index (κ1) is 21.6. The standard InChI is InChI=1S/C19H13ClF2N2O5S/c1-29-14-5-9(4-11(20)17(14)26)6-15-18(27)24(19(28)30-15)8-16(25)23-13-3-2-10(21)7-12(13)22/h2-7,26H,8H2,1H3,(H,23,25). The Morgan fingerprint density at radius 2 is 2.03 bits per heavy atom. The van der Waals surface area contributed by atoms with Crippen molar-refractivity contribution in [2.75, 3.05) is 19.0 Å². The Bertz CT molecular complexity index is 1090. The van der Waals surface area contributed by atoms with E-state index in [9.17, 15) is 28.3 Å². The number of carbonyl (C=O) groups excluding carboxylic acids is 3. The smallest absolute Gasteiger partial charge is 0.294 e. The summed E-state index contributed by atoms with van der Waals surface area (Å²) in [5.74, 6) is -3.56. The maximum Gasteiger partial charge on any atom is 0.294 e. The summed E-state index contributed by atoms with van der Waals surface area (Å²) in [4.78, 5) is 37.5. The Hall–Kier alpha value is -3.11. The van der Waals surface area contributed by atoms with Crippen LogP contribution in [-0.4, -0.2) is 40.7 Å². The van der Waals surface area contributed by atoms with E-state index in [1.807, 2.05) is 0 Å². The van der Waals surface area contributed by atoms with E-state index in [0.717, 1.165) is 12.1 Å². The molecular formula is C19H13ClF2N2O5S. The van der Waals surface area contributed by atoms with Gasteiger partial charge in [0.2, 0.25) is 5.91 Å². The molecule has 0 unspecified atom stereocenters. The minimum atomic E-state index is -0.990. The topological polar surface area (TPSA) is 95.9 Å². The minimum Gasteiger partial charge on any atom is -0.503 e. The van der Waals surface area contributed by atoms with Crippen LogP contribution in [0.25, 0.3) is 6.08 Å². The molecule has 3 rings (SSSR count). The van der Waals surface area contributed by atoms with Crippen molar-refractivity contribution < 1.29 is 33.0 Å². The molecule has 0 aliphatic carbocycles. The van der Waals surface area contributed by atoms with E-state index in [2.05, 4.69) is 5.32 Å². The first-order valence-electron chi connectivity index (χ1n) is 8.26. The number of hydrogen-bond donors (Lipinski definition) is 2. The number of methoxy groups -OCH3 is 1. The summed E-state index contributed by atoms with van der Waals surface area (Å²) in [6, 6.07) is 5.36. The Balaban J connectivity index is 1.75. The zero-order valence-electron chi connectivity index (χ0n) is 15.2. The molecule has 30 heavy (non-hydrogen) atoms. The van der Waals surface area contributed by atoms with Crippen LogP contribution in [0.15, 0.2) is 35.2 Å². The molecule has 0 aromatic heterocycles. The van der Waals surface area contributed by atoms with Gasteiger partial charge < -0.3 is 15.2 Å². The second-order valence-electron chi connectivity index (χ2n) is 5.99. The molecule has 0 bridgehead atoms. The van der Waals surface area contributed by atoms with Gasteiger partial charge in [-0.05, 0) is 47.7 Å². The van der Waals surface area contributed by atoms with Gasteiger partial charge in [0.1, 0.15) is 18.2 Å². The van der Waals surface area contributed by atoms with Crippen molar-refractivity contribution in [3.8, 4) is 11.5 Å². The summed E-state index contributed by atoms with van der Waals surface area (Å²) in [5.41, 5.74) is 0.104. The zero-order valence-corrected chi connectivity index (χ0v) is 16.8. The van der Waals surface area contributed by atoms with Gasteiger partial charge in [-0.25, -0.2) is 8.78 Å². The van der Waals surface area contributed by atoms with Crippen LogP contribution in [0.3, 0.4) is 0 Å². The highest BCUT2D eigenvalue weighted by atomic mass is 35.5. The molecule has 1 aliphatic rings. The fourth-order valence-corrected chi connectivity index (χ4v) is 3.60. The zero-order chi connectivity index (χ0) is 22.0. The van der Waals surface area contributed by atoms with E-state index >= 15 is 0 Å². The lowest BCUT2D eigenvalue weighted by atomic mass is 10.2. The highest BCUT2D eigenvalue weighted by Crippen LogP contribution is 2.37. The molecule has 1 saturated heterocycles. The normalized spacial score (nSPS) is 15.1. The van der Waals surface area contributed by atoms with Crippen LogP contribution >= 0.6 is 23.4 Å². The minimum absolute atomic E-state index is 0.0134. The number of rotatable bonds is 5. The van der Waals surface area contributed by atoms with Crippen molar-refractivity contribution in [1.82, 2.24) is 4.90 Å². The molecule has 0 saturated carbocycles. The van der Waals surface area contributed by atoms with E-state index in [-0.39, 0.29) is 27.1 Å². The second-order valence-corrected chi connectivity index (χ2v) is 7.39. The molecule has 0 atom stereocenters. The number of phenolic OH excluding ortho intramolecular Hbond substituents is 1. The van der Waals surface area contributed by atoms with Crippen LogP contribution in [0.2, 0.25) is 5.02 Å². The molecule has 2 aromatic rings. The van der Waals surface area contributed by atoms with Gasteiger partial charge in [-0.3, -0.25) is 19.3 Å². The lowest BCUT2D eigenvalue weighted by Crippen LogP contribution is -2.36. The number of ether oxygens (including phenoxy) is 1. The summed E-state index contributed by atoms with van der Waals surface area (Å²) >= 11 is 6.51. The predicted molar refractivity (Wildman–Crippen MR) is 107 cm³/mol. The quantitative estimate of drug-likeness (QED) is 0.663. The number of nitrogens with zero attached hydrogens (tertiary/aromatic N) is 1. The fraction of sp³-hybridized carbons (Fsp3) is 0.105. The van der Waals surface area contributed by atoms with E-state index in [1.165, 1.54) is 25.3 Å². The van der Waals surface area contributed by atoms with Crippen LogP contribution < -0.4 is 10.1 Å². The number of hydrogen-bond acceptors (Lipinski definition) is 6. The lowest BCUT2D eigenvalue weighted by molar-refractivity contribution is -0.127. The monoisotopic (exact) mass is 454 g/mol. The molecule has 7 nitrogen and oxygen atoms in total. The van der Waals surface area contributed by atoms with E-state index in [1.54, 1.807) is 0 Å². The van der Waals surface area contributed by atoms with Crippen LogP contribution in [0, 0.1) is 11.6 Å². The molecule has 0 spiro atoms. The highest BCUT2D eigenvalue weighted by molar-refractivity contribution is 8.18. The number of benzene rings is 2.